The molecule has 1 saturated heterocycles. The first-order valence-corrected chi connectivity index (χ1v) is 8.03. The van der Waals surface area contributed by atoms with Crippen LogP contribution in [0.3, 0.4) is 0 Å². The van der Waals surface area contributed by atoms with Crippen LogP contribution in [0, 0.1) is 0 Å². The molecule has 2 N–H and O–H groups in total. The number of benzene rings is 1. The molecule has 0 unspecified atom stereocenters. The van der Waals surface area contributed by atoms with E-state index in [0.717, 1.165) is 19.4 Å². The number of nitrogens with one attached hydrogen (secondary N) is 1. The van der Waals surface area contributed by atoms with Crippen LogP contribution in [0.2, 0.25) is 0 Å². The fraction of sp³-hybridized carbons (Fsp3) is 0.556. The predicted molar refractivity (Wildman–Crippen MR) is 87.1 cm³/mol. The molecule has 1 heterocycles. The van der Waals surface area contributed by atoms with Crippen LogP contribution < -0.4 is 5.32 Å². The van der Waals surface area contributed by atoms with Crippen LogP contribution in [0.1, 0.15) is 43.7 Å². The lowest BCUT2D eigenvalue weighted by Crippen LogP contribution is -2.24. The molecule has 0 bridgehead atoms. The minimum atomic E-state index is 0.193. The second-order valence-electron chi connectivity index (χ2n) is 5.74. The minimum Gasteiger partial charge on any atom is -0.395 e. The molecule has 2 atom stereocenters. The van der Waals surface area contributed by atoms with Crippen molar-refractivity contribution < 1.29 is 9.84 Å². The Morgan fingerprint density at radius 1 is 1.33 bits per heavy atom. The van der Waals surface area contributed by atoms with Crippen molar-refractivity contribution in [2.24, 2.45) is 0 Å². The number of rotatable bonds is 8. The zero-order chi connectivity index (χ0) is 14.9. The van der Waals surface area contributed by atoms with E-state index >= 15 is 0 Å². The summed E-state index contributed by atoms with van der Waals surface area (Å²) in [5.74, 6) is 0. The smallest absolute Gasteiger partial charge is 0.0721 e. The third-order valence-corrected chi connectivity index (χ3v) is 3.90. The second-order valence-corrected chi connectivity index (χ2v) is 5.74. The van der Waals surface area contributed by atoms with Gasteiger partial charge < -0.3 is 15.2 Å². The monoisotopic (exact) mass is 289 g/mol. The van der Waals surface area contributed by atoms with E-state index in [0.29, 0.717) is 6.61 Å². The largest absolute Gasteiger partial charge is 0.395 e. The Bertz CT molecular complexity index is 427. The number of aliphatic hydroxyl groups is 1. The third-order valence-electron chi connectivity index (χ3n) is 3.90. The van der Waals surface area contributed by atoms with Gasteiger partial charge in [-0.05, 0) is 24.0 Å². The van der Waals surface area contributed by atoms with E-state index in [-0.39, 0.29) is 18.8 Å². The maximum atomic E-state index is 9.08. The van der Waals surface area contributed by atoms with Gasteiger partial charge in [0.25, 0.3) is 0 Å². The van der Waals surface area contributed by atoms with Crippen LogP contribution in [-0.2, 0) is 11.3 Å². The highest BCUT2D eigenvalue weighted by atomic mass is 16.5. The lowest BCUT2D eigenvalue weighted by Gasteiger charge is -2.11. The van der Waals surface area contributed by atoms with E-state index in [1.807, 2.05) is 0 Å². The lowest BCUT2D eigenvalue weighted by atomic mass is 10.1. The number of hydrogen-bond donors (Lipinski definition) is 2. The summed E-state index contributed by atoms with van der Waals surface area (Å²) in [5, 5.41) is 12.3. The highest BCUT2D eigenvalue weighted by molar-refractivity contribution is 5.49. The molecule has 3 heteroatoms. The van der Waals surface area contributed by atoms with Crippen LogP contribution in [0.4, 0.5) is 0 Å². The van der Waals surface area contributed by atoms with Crippen LogP contribution >= 0.6 is 0 Å². The molecule has 3 nitrogen and oxygen atoms in total. The van der Waals surface area contributed by atoms with Crippen LogP contribution in [0.25, 0.3) is 6.08 Å². The molecule has 0 amide bonds. The van der Waals surface area contributed by atoms with Crippen molar-refractivity contribution in [1.29, 1.82) is 0 Å². The maximum absolute atomic E-state index is 9.08. The Morgan fingerprint density at radius 3 is 2.81 bits per heavy atom. The van der Waals surface area contributed by atoms with Crippen molar-refractivity contribution in [1.82, 2.24) is 5.32 Å². The van der Waals surface area contributed by atoms with Gasteiger partial charge >= 0.3 is 0 Å². The first kappa shape index (κ1) is 16.2. The summed E-state index contributed by atoms with van der Waals surface area (Å²) in [5.41, 5.74) is 2.45. The highest BCUT2D eigenvalue weighted by Gasteiger charge is 2.23. The van der Waals surface area contributed by atoms with Crippen LogP contribution in [0.15, 0.2) is 30.3 Å². The fourth-order valence-electron chi connectivity index (χ4n) is 2.53. The third kappa shape index (κ3) is 5.62. The van der Waals surface area contributed by atoms with Gasteiger partial charge in [0, 0.05) is 12.6 Å². The molecule has 1 aliphatic heterocycles. The van der Waals surface area contributed by atoms with Crippen LogP contribution in [0.5, 0.6) is 0 Å². The zero-order valence-electron chi connectivity index (χ0n) is 12.9. The van der Waals surface area contributed by atoms with Gasteiger partial charge in [-0.25, -0.2) is 0 Å². The molecule has 0 aromatic heterocycles. The lowest BCUT2D eigenvalue weighted by molar-refractivity contribution is 0.0512. The summed E-state index contributed by atoms with van der Waals surface area (Å²) in [7, 11) is 0. The summed E-state index contributed by atoms with van der Waals surface area (Å²) in [6.45, 7) is 3.89. The summed E-state index contributed by atoms with van der Waals surface area (Å²) < 4.78 is 5.88. The zero-order valence-corrected chi connectivity index (χ0v) is 12.9. The number of allylic oxidation sites excluding steroid dienone is 1. The van der Waals surface area contributed by atoms with Crippen LogP contribution in [-0.4, -0.2) is 30.4 Å². The Kier molecular flexibility index (Phi) is 6.93. The first-order valence-electron chi connectivity index (χ1n) is 8.03. The standard InChI is InChI=1S/C18H27NO2/c1-2-3-4-5-6-15-7-9-16(10-8-15)14-21-18-11-17(13-20)19-12-18/h5-10,17-20H,2-4,11-14H2,1H3/b6-5+/t17-,18+/m0/s1. The van der Waals surface area contributed by atoms with Gasteiger partial charge in [0.1, 0.15) is 0 Å². The fourth-order valence-corrected chi connectivity index (χ4v) is 2.53. The van der Waals surface area contributed by atoms with Crippen molar-refractivity contribution in [3.8, 4) is 0 Å². The maximum Gasteiger partial charge on any atom is 0.0721 e. The topological polar surface area (TPSA) is 41.5 Å². The average Bonchev–Trinajstić information content (AvgIpc) is 2.99. The Balaban J connectivity index is 1.73. The molecule has 2 rings (SSSR count). The van der Waals surface area contributed by atoms with Crippen molar-refractivity contribution in [3.63, 3.8) is 0 Å². The Labute approximate surface area is 128 Å². The number of unbranched alkanes of at least 4 members (excludes halogenated alkanes) is 2. The molecule has 0 radical (unpaired) electrons. The van der Waals surface area contributed by atoms with E-state index in [4.69, 9.17) is 9.84 Å². The number of aliphatic hydroxyl groups excluding tert-OH is 1. The van der Waals surface area contributed by atoms with Crippen molar-refractivity contribution >= 4 is 6.08 Å². The molecule has 1 aromatic rings. The molecule has 0 saturated carbocycles. The summed E-state index contributed by atoms with van der Waals surface area (Å²) in [6, 6.07) is 8.75. The van der Waals surface area contributed by atoms with Gasteiger partial charge in [0.05, 0.1) is 19.3 Å². The van der Waals surface area contributed by atoms with E-state index in [2.05, 4.69) is 48.7 Å². The van der Waals surface area contributed by atoms with Gasteiger partial charge in [-0.2, -0.15) is 0 Å². The molecule has 0 spiro atoms. The number of hydrogen-bond acceptors (Lipinski definition) is 3. The molecular formula is C18H27NO2. The Hall–Kier alpha value is -1.16. The predicted octanol–water partition coefficient (Wildman–Crippen LogP) is 3.13. The summed E-state index contributed by atoms with van der Waals surface area (Å²) in [4.78, 5) is 0. The Morgan fingerprint density at radius 2 is 2.14 bits per heavy atom. The van der Waals surface area contributed by atoms with E-state index < -0.39 is 0 Å². The molecule has 1 aromatic carbocycles. The van der Waals surface area contributed by atoms with E-state index in [9.17, 15) is 0 Å². The molecule has 1 aliphatic rings. The second kappa shape index (κ2) is 8.98. The highest BCUT2D eigenvalue weighted by Crippen LogP contribution is 2.14. The van der Waals surface area contributed by atoms with Crippen molar-refractivity contribution in [2.45, 2.75) is 51.4 Å². The summed E-state index contributed by atoms with van der Waals surface area (Å²) >= 11 is 0. The first-order chi connectivity index (χ1) is 10.3. The van der Waals surface area contributed by atoms with E-state index in [1.165, 1.54) is 24.0 Å². The SMILES string of the molecule is CCCC/C=C/c1ccc(CO[C@H]2CN[C@H](CO)C2)cc1. The van der Waals surface area contributed by atoms with Gasteiger partial charge in [-0.15, -0.1) is 0 Å². The quantitative estimate of drug-likeness (QED) is 0.722. The van der Waals surface area contributed by atoms with Crippen molar-refractivity contribution in [2.75, 3.05) is 13.2 Å². The molecule has 21 heavy (non-hydrogen) atoms. The van der Waals surface area contributed by atoms with E-state index in [1.54, 1.807) is 0 Å². The molecular weight excluding hydrogens is 262 g/mol. The summed E-state index contributed by atoms with van der Waals surface area (Å²) in [6.07, 6.45) is 9.20. The van der Waals surface area contributed by atoms with Gasteiger partial charge in [0.2, 0.25) is 0 Å². The molecule has 1 fully saturated rings. The minimum absolute atomic E-state index is 0.193. The van der Waals surface area contributed by atoms with Gasteiger partial charge in [-0.3, -0.25) is 0 Å². The normalized spacial score (nSPS) is 22.2. The molecule has 116 valence electrons. The van der Waals surface area contributed by atoms with Gasteiger partial charge in [0.15, 0.2) is 0 Å². The average molecular weight is 289 g/mol. The van der Waals surface area contributed by atoms with Crippen molar-refractivity contribution in [3.05, 3.63) is 41.5 Å². The molecule has 0 aliphatic carbocycles. The van der Waals surface area contributed by atoms with Gasteiger partial charge in [-0.1, -0.05) is 56.2 Å². The number of ether oxygens (including phenoxy) is 1.